The Hall–Kier alpha value is -0.250. The minimum Gasteiger partial charge on any atom is -0.388 e. The van der Waals surface area contributed by atoms with Gasteiger partial charge in [-0.1, -0.05) is 24.6 Å². The van der Waals surface area contributed by atoms with E-state index in [9.17, 15) is 9.50 Å². The van der Waals surface area contributed by atoms with Crippen LogP contribution >= 0.6 is 23.4 Å². The summed E-state index contributed by atoms with van der Waals surface area (Å²) in [6.07, 6.45) is 1.27. The van der Waals surface area contributed by atoms with Crippen molar-refractivity contribution in [1.82, 2.24) is 0 Å². The number of halogens is 2. The molecule has 0 spiro atoms. The average Bonchev–Trinajstić information content (AvgIpc) is 2.52. The topological polar surface area (TPSA) is 20.2 Å². The van der Waals surface area contributed by atoms with Crippen LogP contribution in [0, 0.1) is 5.82 Å². The van der Waals surface area contributed by atoms with Gasteiger partial charge in [-0.2, -0.15) is 11.8 Å². The fourth-order valence-corrected chi connectivity index (χ4v) is 3.57. The van der Waals surface area contributed by atoms with Gasteiger partial charge in [-0.15, -0.1) is 0 Å². The zero-order valence-corrected chi connectivity index (χ0v) is 10.6. The van der Waals surface area contributed by atoms with Crippen molar-refractivity contribution in [2.45, 2.75) is 30.6 Å². The van der Waals surface area contributed by atoms with E-state index in [-0.39, 0.29) is 11.1 Å². The maximum Gasteiger partial charge on any atom is 0.124 e. The molecule has 2 unspecified atom stereocenters. The van der Waals surface area contributed by atoms with Crippen LogP contribution in [0.2, 0.25) is 5.02 Å². The summed E-state index contributed by atoms with van der Waals surface area (Å²) in [5, 5.41) is 11.0. The Morgan fingerprint density at radius 2 is 2.38 bits per heavy atom. The Morgan fingerprint density at radius 3 is 2.94 bits per heavy atom. The van der Waals surface area contributed by atoms with Gasteiger partial charge in [-0.05, 0) is 29.9 Å². The number of benzene rings is 1. The molecule has 0 radical (unpaired) electrons. The van der Waals surface area contributed by atoms with E-state index in [0.717, 1.165) is 17.7 Å². The molecule has 0 bridgehead atoms. The predicted octanol–water partition coefficient (Wildman–Crippen LogP) is 3.28. The first kappa shape index (κ1) is 12.2. The van der Waals surface area contributed by atoms with Crippen molar-refractivity contribution in [2.75, 3.05) is 5.75 Å². The minimum absolute atomic E-state index is 0.202. The van der Waals surface area contributed by atoms with Crippen LogP contribution in [0.4, 0.5) is 4.39 Å². The lowest BCUT2D eigenvalue weighted by Gasteiger charge is -2.27. The molecule has 1 aliphatic heterocycles. The third-order valence-electron chi connectivity index (χ3n) is 3.17. The van der Waals surface area contributed by atoms with Gasteiger partial charge in [0.05, 0.1) is 5.60 Å². The van der Waals surface area contributed by atoms with E-state index in [0.29, 0.717) is 11.4 Å². The van der Waals surface area contributed by atoms with Crippen LogP contribution in [0.3, 0.4) is 0 Å². The molecule has 1 aromatic rings. The average molecular weight is 261 g/mol. The lowest BCUT2D eigenvalue weighted by atomic mass is 9.89. The molecule has 0 saturated carbocycles. The monoisotopic (exact) mass is 260 g/mol. The molecule has 0 aromatic heterocycles. The lowest BCUT2D eigenvalue weighted by Crippen LogP contribution is -2.37. The van der Waals surface area contributed by atoms with Crippen molar-refractivity contribution in [3.05, 3.63) is 34.6 Å². The molecule has 1 saturated heterocycles. The third-order valence-corrected chi connectivity index (χ3v) is 4.90. The van der Waals surface area contributed by atoms with Gasteiger partial charge in [-0.25, -0.2) is 4.39 Å². The van der Waals surface area contributed by atoms with Gasteiger partial charge < -0.3 is 5.11 Å². The van der Waals surface area contributed by atoms with Crippen molar-refractivity contribution in [1.29, 1.82) is 0 Å². The summed E-state index contributed by atoms with van der Waals surface area (Å²) in [4.78, 5) is 0. The molecule has 1 fully saturated rings. The van der Waals surface area contributed by atoms with Gasteiger partial charge in [-0.3, -0.25) is 0 Å². The molecular formula is C12H14ClFOS. The molecule has 1 aromatic carbocycles. The zero-order chi connectivity index (χ0) is 11.8. The van der Waals surface area contributed by atoms with Crippen molar-refractivity contribution in [2.24, 2.45) is 0 Å². The SMILES string of the molecule is CC1SCCC1(O)Cc1ccc(F)cc1Cl. The van der Waals surface area contributed by atoms with Gasteiger partial charge in [0, 0.05) is 16.7 Å². The summed E-state index contributed by atoms with van der Waals surface area (Å²) in [5.41, 5.74) is 0.117. The number of hydrogen-bond donors (Lipinski definition) is 1. The van der Waals surface area contributed by atoms with Gasteiger partial charge in [0.15, 0.2) is 0 Å². The molecule has 4 heteroatoms. The molecule has 88 valence electrons. The van der Waals surface area contributed by atoms with E-state index < -0.39 is 5.60 Å². The van der Waals surface area contributed by atoms with Crippen LogP contribution in [0.1, 0.15) is 18.9 Å². The van der Waals surface area contributed by atoms with Crippen LogP contribution in [0.25, 0.3) is 0 Å². The smallest absolute Gasteiger partial charge is 0.124 e. The van der Waals surface area contributed by atoms with Gasteiger partial charge in [0.1, 0.15) is 5.82 Å². The van der Waals surface area contributed by atoms with Gasteiger partial charge in [0.2, 0.25) is 0 Å². The molecular weight excluding hydrogens is 247 g/mol. The van der Waals surface area contributed by atoms with Crippen molar-refractivity contribution in [3.63, 3.8) is 0 Å². The fourth-order valence-electron chi connectivity index (χ4n) is 2.00. The second-order valence-electron chi connectivity index (χ2n) is 4.28. The lowest BCUT2D eigenvalue weighted by molar-refractivity contribution is 0.0464. The van der Waals surface area contributed by atoms with E-state index in [1.807, 2.05) is 6.92 Å². The van der Waals surface area contributed by atoms with E-state index >= 15 is 0 Å². The predicted molar refractivity (Wildman–Crippen MR) is 66.6 cm³/mol. The molecule has 16 heavy (non-hydrogen) atoms. The van der Waals surface area contributed by atoms with Crippen LogP contribution in [0.15, 0.2) is 18.2 Å². The first-order valence-corrected chi connectivity index (χ1v) is 6.72. The Kier molecular flexibility index (Phi) is 3.48. The highest BCUT2D eigenvalue weighted by atomic mass is 35.5. The number of aliphatic hydroxyl groups is 1. The molecule has 1 nitrogen and oxygen atoms in total. The summed E-state index contributed by atoms with van der Waals surface area (Å²) in [6, 6.07) is 4.34. The first-order chi connectivity index (χ1) is 7.51. The Bertz CT molecular complexity index is 399. The molecule has 1 aliphatic rings. The van der Waals surface area contributed by atoms with E-state index in [1.165, 1.54) is 12.1 Å². The van der Waals surface area contributed by atoms with Crippen molar-refractivity contribution in [3.8, 4) is 0 Å². The van der Waals surface area contributed by atoms with E-state index in [2.05, 4.69) is 0 Å². The summed E-state index contributed by atoms with van der Waals surface area (Å²) in [7, 11) is 0. The molecule has 0 amide bonds. The summed E-state index contributed by atoms with van der Waals surface area (Å²) < 4.78 is 12.9. The van der Waals surface area contributed by atoms with Gasteiger partial charge in [0.25, 0.3) is 0 Å². The third kappa shape index (κ3) is 2.36. The highest BCUT2D eigenvalue weighted by molar-refractivity contribution is 8.00. The second-order valence-corrected chi connectivity index (χ2v) is 6.13. The van der Waals surface area contributed by atoms with Crippen LogP contribution < -0.4 is 0 Å². The standard InChI is InChI=1S/C12H14ClFOS/c1-8-12(15,4-5-16-8)7-9-2-3-10(14)6-11(9)13/h2-3,6,8,15H,4-5,7H2,1H3. The zero-order valence-electron chi connectivity index (χ0n) is 9.04. The van der Waals surface area contributed by atoms with Crippen molar-refractivity contribution < 1.29 is 9.50 Å². The van der Waals surface area contributed by atoms with Crippen LogP contribution in [0.5, 0.6) is 0 Å². The quantitative estimate of drug-likeness (QED) is 0.881. The maximum absolute atomic E-state index is 12.9. The Labute approximate surface area is 104 Å². The molecule has 1 N–H and O–H groups in total. The molecule has 0 aliphatic carbocycles. The molecule has 2 atom stereocenters. The molecule has 2 rings (SSSR count). The van der Waals surface area contributed by atoms with E-state index in [4.69, 9.17) is 11.6 Å². The number of hydrogen-bond acceptors (Lipinski definition) is 2. The van der Waals surface area contributed by atoms with Crippen molar-refractivity contribution >= 4 is 23.4 Å². The fraction of sp³-hybridized carbons (Fsp3) is 0.500. The normalized spacial score (nSPS) is 29.6. The first-order valence-electron chi connectivity index (χ1n) is 5.29. The Balaban J connectivity index is 2.20. The summed E-state index contributed by atoms with van der Waals surface area (Å²) >= 11 is 7.72. The summed E-state index contributed by atoms with van der Waals surface area (Å²) in [6.45, 7) is 2.02. The highest BCUT2D eigenvalue weighted by Crippen LogP contribution is 2.38. The number of thioether (sulfide) groups is 1. The summed E-state index contributed by atoms with van der Waals surface area (Å²) in [5.74, 6) is 0.630. The van der Waals surface area contributed by atoms with E-state index in [1.54, 1.807) is 17.8 Å². The van der Waals surface area contributed by atoms with Crippen LogP contribution in [-0.2, 0) is 6.42 Å². The van der Waals surface area contributed by atoms with Crippen LogP contribution in [-0.4, -0.2) is 21.7 Å². The maximum atomic E-state index is 12.9. The Morgan fingerprint density at radius 1 is 1.62 bits per heavy atom. The highest BCUT2D eigenvalue weighted by Gasteiger charge is 2.39. The minimum atomic E-state index is -0.702. The second kappa shape index (κ2) is 4.55. The van der Waals surface area contributed by atoms with Gasteiger partial charge >= 0.3 is 0 Å². The number of rotatable bonds is 2. The largest absolute Gasteiger partial charge is 0.388 e. The molecule has 1 heterocycles.